The zero-order valence-corrected chi connectivity index (χ0v) is 14.8. The van der Waals surface area contributed by atoms with E-state index in [2.05, 4.69) is 55.9 Å². The minimum absolute atomic E-state index is 0.188. The first-order chi connectivity index (χ1) is 10.0. The second-order valence-electron chi connectivity index (χ2n) is 7.27. The van der Waals surface area contributed by atoms with Gasteiger partial charge in [-0.05, 0) is 39.3 Å². The van der Waals surface area contributed by atoms with Crippen molar-refractivity contribution < 1.29 is 0 Å². The SMILES string of the molecule is CCCCCCCCCCn1cccc1CNC(C)(C)C. The van der Waals surface area contributed by atoms with Gasteiger partial charge < -0.3 is 9.88 Å². The number of unbranched alkanes of at least 4 members (excludes halogenated alkanes) is 7. The molecule has 0 radical (unpaired) electrons. The molecular formula is C19H36N2. The van der Waals surface area contributed by atoms with Gasteiger partial charge >= 0.3 is 0 Å². The average molecular weight is 293 g/mol. The summed E-state index contributed by atoms with van der Waals surface area (Å²) in [6.07, 6.45) is 13.3. The summed E-state index contributed by atoms with van der Waals surface area (Å²) in [6, 6.07) is 4.41. The van der Waals surface area contributed by atoms with Crippen molar-refractivity contribution >= 4 is 0 Å². The van der Waals surface area contributed by atoms with Gasteiger partial charge in [-0.15, -0.1) is 0 Å². The molecule has 0 saturated heterocycles. The van der Waals surface area contributed by atoms with E-state index in [9.17, 15) is 0 Å². The molecule has 0 aliphatic carbocycles. The van der Waals surface area contributed by atoms with Crippen molar-refractivity contribution in [3.05, 3.63) is 24.0 Å². The quantitative estimate of drug-likeness (QED) is 0.532. The van der Waals surface area contributed by atoms with Crippen LogP contribution in [0.25, 0.3) is 0 Å². The van der Waals surface area contributed by atoms with Crippen LogP contribution in [0.5, 0.6) is 0 Å². The Hall–Kier alpha value is -0.760. The van der Waals surface area contributed by atoms with Crippen LogP contribution in [-0.4, -0.2) is 10.1 Å². The Kier molecular flexibility index (Phi) is 8.75. The predicted molar refractivity (Wildman–Crippen MR) is 93.6 cm³/mol. The molecule has 0 saturated carbocycles. The molecule has 2 heteroatoms. The van der Waals surface area contributed by atoms with E-state index < -0.39 is 0 Å². The maximum Gasteiger partial charge on any atom is 0.0363 e. The Morgan fingerprint density at radius 1 is 0.952 bits per heavy atom. The first-order valence-corrected chi connectivity index (χ1v) is 8.92. The molecule has 0 aliphatic heterocycles. The van der Waals surface area contributed by atoms with Gasteiger partial charge in [-0.1, -0.05) is 51.9 Å². The summed E-state index contributed by atoms with van der Waals surface area (Å²) in [5.41, 5.74) is 1.60. The number of rotatable bonds is 11. The molecule has 0 aromatic carbocycles. The van der Waals surface area contributed by atoms with Gasteiger partial charge in [0, 0.05) is 30.5 Å². The van der Waals surface area contributed by atoms with Crippen molar-refractivity contribution in [1.82, 2.24) is 9.88 Å². The summed E-state index contributed by atoms with van der Waals surface area (Å²) in [4.78, 5) is 0. The third kappa shape index (κ3) is 8.98. The van der Waals surface area contributed by atoms with E-state index in [1.165, 1.54) is 63.6 Å². The van der Waals surface area contributed by atoms with E-state index >= 15 is 0 Å². The minimum atomic E-state index is 0.188. The molecule has 0 atom stereocenters. The average Bonchev–Trinajstić information content (AvgIpc) is 2.86. The van der Waals surface area contributed by atoms with Crippen molar-refractivity contribution in [3.8, 4) is 0 Å². The lowest BCUT2D eigenvalue weighted by Crippen LogP contribution is -2.35. The molecule has 1 rings (SSSR count). The van der Waals surface area contributed by atoms with Crippen LogP contribution in [-0.2, 0) is 13.1 Å². The summed E-state index contributed by atoms with van der Waals surface area (Å²) in [5, 5.41) is 3.57. The maximum atomic E-state index is 3.57. The van der Waals surface area contributed by atoms with Crippen LogP contribution in [0.2, 0.25) is 0 Å². The second-order valence-corrected chi connectivity index (χ2v) is 7.27. The molecule has 2 nitrogen and oxygen atoms in total. The molecule has 21 heavy (non-hydrogen) atoms. The molecule has 0 aliphatic rings. The van der Waals surface area contributed by atoms with Gasteiger partial charge in [0.15, 0.2) is 0 Å². The zero-order valence-electron chi connectivity index (χ0n) is 14.8. The van der Waals surface area contributed by atoms with Crippen molar-refractivity contribution in [3.63, 3.8) is 0 Å². The Morgan fingerprint density at radius 3 is 2.19 bits per heavy atom. The number of aromatic nitrogens is 1. The summed E-state index contributed by atoms with van der Waals surface area (Å²) in [5.74, 6) is 0. The Morgan fingerprint density at radius 2 is 1.57 bits per heavy atom. The van der Waals surface area contributed by atoms with Gasteiger partial charge in [-0.2, -0.15) is 0 Å². The van der Waals surface area contributed by atoms with Crippen molar-refractivity contribution in [2.24, 2.45) is 0 Å². The van der Waals surface area contributed by atoms with Gasteiger partial charge in [-0.3, -0.25) is 0 Å². The van der Waals surface area contributed by atoms with Crippen LogP contribution in [0.1, 0.15) is 84.8 Å². The van der Waals surface area contributed by atoms with Crippen molar-refractivity contribution in [1.29, 1.82) is 0 Å². The van der Waals surface area contributed by atoms with Gasteiger partial charge in [0.1, 0.15) is 0 Å². The fraction of sp³-hybridized carbons (Fsp3) is 0.789. The summed E-state index contributed by atoms with van der Waals surface area (Å²) in [6.45, 7) is 11.1. The molecule has 0 bridgehead atoms. The smallest absolute Gasteiger partial charge is 0.0363 e. The van der Waals surface area contributed by atoms with E-state index in [0.717, 1.165) is 6.54 Å². The largest absolute Gasteiger partial charge is 0.350 e. The minimum Gasteiger partial charge on any atom is -0.350 e. The summed E-state index contributed by atoms with van der Waals surface area (Å²) in [7, 11) is 0. The Labute approximate surface area is 132 Å². The van der Waals surface area contributed by atoms with E-state index in [1.807, 2.05) is 0 Å². The van der Waals surface area contributed by atoms with Crippen LogP contribution in [0, 0.1) is 0 Å². The molecular weight excluding hydrogens is 256 g/mol. The lowest BCUT2D eigenvalue weighted by atomic mass is 10.1. The second kappa shape index (κ2) is 10.0. The van der Waals surface area contributed by atoms with Gasteiger partial charge in [0.25, 0.3) is 0 Å². The topological polar surface area (TPSA) is 17.0 Å². The molecule has 1 N–H and O–H groups in total. The lowest BCUT2D eigenvalue weighted by molar-refractivity contribution is 0.414. The monoisotopic (exact) mass is 292 g/mol. The number of hydrogen-bond donors (Lipinski definition) is 1. The van der Waals surface area contributed by atoms with E-state index in [4.69, 9.17) is 0 Å². The molecule has 1 aromatic heterocycles. The first-order valence-electron chi connectivity index (χ1n) is 8.92. The highest BCUT2D eigenvalue weighted by Crippen LogP contribution is 2.11. The summed E-state index contributed by atoms with van der Waals surface area (Å²) < 4.78 is 2.41. The van der Waals surface area contributed by atoms with Crippen LogP contribution in [0.4, 0.5) is 0 Å². The Bertz CT molecular complexity index is 360. The highest BCUT2D eigenvalue weighted by molar-refractivity contribution is 5.07. The molecule has 1 aromatic rings. The van der Waals surface area contributed by atoms with Crippen molar-refractivity contribution in [2.45, 2.75) is 97.7 Å². The molecule has 0 spiro atoms. The molecule has 1 heterocycles. The normalized spacial score (nSPS) is 12.0. The van der Waals surface area contributed by atoms with E-state index in [1.54, 1.807) is 0 Å². The molecule has 0 amide bonds. The van der Waals surface area contributed by atoms with E-state index in [-0.39, 0.29) is 5.54 Å². The predicted octanol–water partition coefficient (Wildman–Crippen LogP) is 5.52. The van der Waals surface area contributed by atoms with Crippen LogP contribution < -0.4 is 5.32 Å². The zero-order chi connectivity index (χ0) is 15.6. The standard InChI is InChI=1S/C19H36N2/c1-5-6-7-8-9-10-11-12-15-21-16-13-14-18(21)17-20-19(2,3)4/h13-14,16,20H,5-12,15,17H2,1-4H3. The van der Waals surface area contributed by atoms with Crippen molar-refractivity contribution in [2.75, 3.05) is 0 Å². The molecule has 0 fully saturated rings. The fourth-order valence-electron chi connectivity index (χ4n) is 2.60. The molecule has 0 unspecified atom stereocenters. The fourth-order valence-corrected chi connectivity index (χ4v) is 2.60. The lowest BCUT2D eigenvalue weighted by Gasteiger charge is -2.21. The van der Waals surface area contributed by atoms with Crippen LogP contribution in [0.15, 0.2) is 18.3 Å². The highest BCUT2D eigenvalue weighted by Gasteiger charge is 2.09. The number of hydrogen-bond acceptors (Lipinski definition) is 1. The van der Waals surface area contributed by atoms with Crippen LogP contribution >= 0.6 is 0 Å². The third-order valence-corrected chi connectivity index (χ3v) is 3.98. The number of aryl methyl sites for hydroxylation is 1. The molecule has 122 valence electrons. The third-order valence-electron chi connectivity index (χ3n) is 3.98. The summed E-state index contributed by atoms with van der Waals surface area (Å²) >= 11 is 0. The number of nitrogens with one attached hydrogen (secondary N) is 1. The van der Waals surface area contributed by atoms with Gasteiger partial charge in [0.05, 0.1) is 0 Å². The van der Waals surface area contributed by atoms with Gasteiger partial charge in [-0.25, -0.2) is 0 Å². The van der Waals surface area contributed by atoms with E-state index in [0.29, 0.717) is 0 Å². The first kappa shape index (κ1) is 18.3. The van der Waals surface area contributed by atoms with Gasteiger partial charge in [0.2, 0.25) is 0 Å². The number of nitrogens with zero attached hydrogens (tertiary/aromatic N) is 1. The van der Waals surface area contributed by atoms with Crippen LogP contribution in [0.3, 0.4) is 0 Å². The maximum absolute atomic E-state index is 3.57. The highest BCUT2D eigenvalue weighted by atomic mass is 15.0. The Balaban J connectivity index is 2.14.